The molecule has 7 heteroatoms. The molecule has 0 aromatic carbocycles. The highest BCUT2D eigenvalue weighted by molar-refractivity contribution is 7.92. The summed E-state index contributed by atoms with van der Waals surface area (Å²) in [5.41, 5.74) is 0.196. The maximum atomic E-state index is 12.5. The van der Waals surface area contributed by atoms with E-state index in [1.165, 1.54) is 6.26 Å². The Labute approximate surface area is 134 Å². The van der Waals surface area contributed by atoms with Gasteiger partial charge in [-0.15, -0.1) is 12.4 Å². The van der Waals surface area contributed by atoms with Crippen LogP contribution in [0.4, 0.5) is 0 Å². The molecule has 0 bridgehead atoms. The molecule has 0 radical (unpaired) electrons. The van der Waals surface area contributed by atoms with Crippen LogP contribution >= 0.6 is 12.4 Å². The van der Waals surface area contributed by atoms with Crippen molar-refractivity contribution in [2.24, 2.45) is 11.3 Å². The first-order chi connectivity index (χ1) is 9.24. The standard InChI is InChI=1S/C14H26N2O3S.ClH/c1-11(2)13(4-5-13)10-16-12(17)14(20(3,18)19)6-8-15-9-7-14;/h11,15H,4-10H2,1-3H3,(H,16,17);1H. The van der Waals surface area contributed by atoms with Gasteiger partial charge in [0, 0.05) is 12.8 Å². The smallest absolute Gasteiger partial charge is 0.241 e. The van der Waals surface area contributed by atoms with Crippen molar-refractivity contribution in [2.75, 3.05) is 25.9 Å². The third-order valence-electron chi connectivity index (χ3n) is 5.25. The second kappa shape index (κ2) is 6.42. The molecule has 21 heavy (non-hydrogen) atoms. The lowest BCUT2D eigenvalue weighted by atomic mass is 9.91. The Kier molecular flexibility index (Phi) is 5.73. The predicted molar refractivity (Wildman–Crippen MR) is 86.4 cm³/mol. The van der Waals surface area contributed by atoms with Crippen LogP contribution in [-0.2, 0) is 14.6 Å². The number of rotatable bonds is 5. The average Bonchev–Trinajstić information content (AvgIpc) is 3.16. The molecule has 0 unspecified atom stereocenters. The maximum absolute atomic E-state index is 12.5. The Morgan fingerprint density at radius 2 is 1.71 bits per heavy atom. The fourth-order valence-corrected chi connectivity index (χ4v) is 4.49. The van der Waals surface area contributed by atoms with E-state index in [0.717, 1.165) is 12.8 Å². The number of hydrogen-bond acceptors (Lipinski definition) is 4. The van der Waals surface area contributed by atoms with Crippen molar-refractivity contribution in [3.05, 3.63) is 0 Å². The first-order valence-corrected chi connectivity index (χ1v) is 9.31. The summed E-state index contributed by atoms with van der Waals surface area (Å²) in [5, 5.41) is 6.06. The van der Waals surface area contributed by atoms with Crippen molar-refractivity contribution < 1.29 is 13.2 Å². The molecule has 1 amide bonds. The van der Waals surface area contributed by atoms with Crippen LogP contribution in [-0.4, -0.2) is 45.0 Å². The lowest BCUT2D eigenvalue weighted by molar-refractivity contribution is -0.124. The molecule has 2 N–H and O–H groups in total. The van der Waals surface area contributed by atoms with Gasteiger partial charge < -0.3 is 10.6 Å². The topological polar surface area (TPSA) is 75.3 Å². The molecule has 0 atom stereocenters. The molecule has 2 fully saturated rings. The van der Waals surface area contributed by atoms with Gasteiger partial charge in [-0.1, -0.05) is 13.8 Å². The average molecular weight is 339 g/mol. The SMILES string of the molecule is CC(C)C1(CNC(=O)C2(S(C)(=O)=O)CCNCC2)CC1.Cl. The highest BCUT2D eigenvalue weighted by atomic mass is 35.5. The van der Waals surface area contributed by atoms with Gasteiger partial charge in [-0.25, -0.2) is 8.42 Å². The first-order valence-electron chi connectivity index (χ1n) is 7.42. The van der Waals surface area contributed by atoms with Crippen LogP contribution < -0.4 is 10.6 Å². The van der Waals surface area contributed by atoms with E-state index >= 15 is 0 Å². The molecule has 0 aromatic rings. The zero-order valence-corrected chi connectivity index (χ0v) is 14.7. The minimum atomic E-state index is -3.41. The zero-order valence-electron chi connectivity index (χ0n) is 13.1. The number of nitrogens with one attached hydrogen (secondary N) is 2. The van der Waals surface area contributed by atoms with E-state index in [-0.39, 0.29) is 23.7 Å². The Hall–Kier alpha value is -0.330. The number of hydrogen-bond donors (Lipinski definition) is 2. The summed E-state index contributed by atoms with van der Waals surface area (Å²) in [5.74, 6) is 0.221. The van der Waals surface area contributed by atoms with Crippen molar-refractivity contribution in [3.8, 4) is 0 Å². The van der Waals surface area contributed by atoms with E-state index in [1.54, 1.807) is 0 Å². The highest BCUT2D eigenvalue weighted by Crippen LogP contribution is 2.51. The van der Waals surface area contributed by atoms with E-state index in [4.69, 9.17) is 0 Å². The molecule has 1 heterocycles. The molecule has 0 aromatic heterocycles. The fourth-order valence-electron chi connectivity index (χ4n) is 3.13. The van der Waals surface area contributed by atoms with Gasteiger partial charge in [-0.3, -0.25) is 4.79 Å². The van der Waals surface area contributed by atoms with Crippen molar-refractivity contribution >= 4 is 28.2 Å². The van der Waals surface area contributed by atoms with Gasteiger partial charge in [0.25, 0.3) is 0 Å². The van der Waals surface area contributed by atoms with Crippen molar-refractivity contribution in [2.45, 2.75) is 44.3 Å². The lowest BCUT2D eigenvalue weighted by Gasteiger charge is -2.35. The van der Waals surface area contributed by atoms with Crippen LogP contribution in [0.1, 0.15) is 39.5 Å². The van der Waals surface area contributed by atoms with E-state index in [2.05, 4.69) is 24.5 Å². The molecule has 1 aliphatic carbocycles. The lowest BCUT2D eigenvalue weighted by Crippen LogP contribution is -2.58. The second-order valence-electron chi connectivity index (χ2n) is 6.72. The molecule has 1 aliphatic heterocycles. The fraction of sp³-hybridized carbons (Fsp3) is 0.929. The minimum Gasteiger partial charge on any atom is -0.354 e. The van der Waals surface area contributed by atoms with Crippen LogP contribution in [0.3, 0.4) is 0 Å². The van der Waals surface area contributed by atoms with Crippen molar-refractivity contribution in [1.29, 1.82) is 0 Å². The van der Waals surface area contributed by atoms with Crippen LogP contribution in [0.2, 0.25) is 0 Å². The number of amides is 1. The number of halogens is 1. The number of carbonyl (C=O) groups is 1. The summed E-state index contributed by atoms with van der Waals surface area (Å²) in [6.07, 6.45) is 4.17. The van der Waals surface area contributed by atoms with Gasteiger partial charge in [0.1, 0.15) is 0 Å². The second-order valence-corrected chi connectivity index (χ2v) is 9.04. The molecular formula is C14H27ClN2O3S. The Bertz CT molecular complexity index is 480. The predicted octanol–water partition coefficient (Wildman–Crippen LogP) is 1.13. The third kappa shape index (κ3) is 3.54. The summed E-state index contributed by atoms with van der Waals surface area (Å²) in [6, 6.07) is 0. The van der Waals surface area contributed by atoms with Gasteiger partial charge >= 0.3 is 0 Å². The maximum Gasteiger partial charge on any atom is 0.241 e. The molecule has 2 aliphatic rings. The number of sulfone groups is 1. The van der Waals surface area contributed by atoms with Crippen LogP contribution in [0, 0.1) is 11.3 Å². The molecule has 1 saturated heterocycles. The number of piperidine rings is 1. The van der Waals surface area contributed by atoms with Gasteiger partial charge in [0.15, 0.2) is 14.6 Å². The minimum absolute atomic E-state index is 0. The quantitative estimate of drug-likeness (QED) is 0.788. The molecular weight excluding hydrogens is 312 g/mol. The van der Waals surface area contributed by atoms with E-state index in [0.29, 0.717) is 38.4 Å². The summed E-state index contributed by atoms with van der Waals surface area (Å²) in [7, 11) is -3.41. The van der Waals surface area contributed by atoms with E-state index in [1.807, 2.05) is 0 Å². The number of carbonyl (C=O) groups excluding carboxylic acids is 1. The van der Waals surface area contributed by atoms with Crippen LogP contribution in [0.5, 0.6) is 0 Å². The molecule has 2 rings (SSSR count). The Balaban J connectivity index is 0.00000220. The molecule has 0 spiro atoms. The van der Waals surface area contributed by atoms with Crippen molar-refractivity contribution in [1.82, 2.24) is 10.6 Å². The largest absolute Gasteiger partial charge is 0.354 e. The summed E-state index contributed by atoms with van der Waals surface area (Å²) < 4.78 is 23.0. The first kappa shape index (κ1) is 18.7. The van der Waals surface area contributed by atoms with Gasteiger partial charge in [0.2, 0.25) is 5.91 Å². The van der Waals surface area contributed by atoms with Gasteiger partial charge in [-0.2, -0.15) is 0 Å². The third-order valence-corrected chi connectivity index (χ3v) is 7.27. The van der Waals surface area contributed by atoms with E-state index < -0.39 is 14.6 Å². The molecule has 124 valence electrons. The summed E-state index contributed by atoms with van der Waals surface area (Å²) in [6.45, 7) is 6.09. The summed E-state index contributed by atoms with van der Waals surface area (Å²) in [4.78, 5) is 12.5. The normalized spacial score (nSPS) is 23.2. The zero-order chi connectivity index (χ0) is 15.0. The molecule has 5 nitrogen and oxygen atoms in total. The summed E-state index contributed by atoms with van der Waals surface area (Å²) >= 11 is 0. The Morgan fingerprint density at radius 1 is 1.19 bits per heavy atom. The highest BCUT2D eigenvalue weighted by Gasteiger charge is 2.51. The van der Waals surface area contributed by atoms with E-state index in [9.17, 15) is 13.2 Å². The molecule has 1 saturated carbocycles. The van der Waals surface area contributed by atoms with Crippen molar-refractivity contribution in [3.63, 3.8) is 0 Å². The Morgan fingerprint density at radius 3 is 2.10 bits per heavy atom. The van der Waals surface area contributed by atoms with Gasteiger partial charge in [0.05, 0.1) is 0 Å². The monoisotopic (exact) mass is 338 g/mol. The van der Waals surface area contributed by atoms with Crippen LogP contribution in [0.15, 0.2) is 0 Å². The van der Waals surface area contributed by atoms with Crippen LogP contribution in [0.25, 0.3) is 0 Å². The van der Waals surface area contributed by atoms with Gasteiger partial charge in [-0.05, 0) is 50.1 Å².